The first kappa shape index (κ1) is 23.7. The quantitative estimate of drug-likeness (QED) is 0.223. The summed E-state index contributed by atoms with van der Waals surface area (Å²) in [5.41, 5.74) is 1.02. The molecule has 0 rings (SSSR count). The van der Waals surface area contributed by atoms with E-state index in [1.165, 1.54) is 64.2 Å². The summed E-state index contributed by atoms with van der Waals surface area (Å²) >= 11 is 0. The van der Waals surface area contributed by atoms with Gasteiger partial charge < -0.3 is 8.85 Å². The summed E-state index contributed by atoms with van der Waals surface area (Å²) in [6, 6.07) is 0. The van der Waals surface area contributed by atoms with Crippen molar-refractivity contribution in [3.63, 3.8) is 0 Å². The van der Waals surface area contributed by atoms with Crippen molar-refractivity contribution >= 4 is 25.7 Å². The van der Waals surface area contributed by atoms with Crippen molar-refractivity contribution in [2.24, 2.45) is 0 Å². The Morgan fingerprint density at radius 2 is 1.12 bits per heavy atom. The van der Waals surface area contributed by atoms with Gasteiger partial charge in [-0.2, -0.15) is 0 Å². The van der Waals surface area contributed by atoms with Gasteiger partial charge in [-0.3, -0.25) is 0 Å². The first-order valence-corrected chi connectivity index (χ1v) is 12.0. The van der Waals surface area contributed by atoms with Crippen molar-refractivity contribution in [2.45, 2.75) is 116 Å². The monoisotopic (exact) mass is 370 g/mol. The lowest BCUT2D eigenvalue weighted by atomic mass is 10.1. The zero-order valence-corrected chi connectivity index (χ0v) is 18.4. The van der Waals surface area contributed by atoms with Gasteiger partial charge in [0.1, 0.15) is 0 Å². The molecule has 4 radical (unpaired) electrons. The SMILES string of the molecule is CCCCCCC(CC)[Si]OC(=O)O[Si]C(CC)CCCCCC. The Bertz CT molecular complexity index is 262. The van der Waals surface area contributed by atoms with E-state index in [0.29, 0.717) is 11.1 Å². The standard InChI is InChI=1S/C19H38O3Si2/c1-5-9-11-13-15-17(7-3)23-21-19(20)22-24-18(8-4)16-14-12-10-6-2/h17-18H,5-16H2,1-4H3. The summed E-state index contributed by atoms with van der Waals surface area (Å²) in [4.78, 5) is 11.8. The number of carbonyl (C=O) groups is 1. The molecule has 0 saturated carbocycles. The number of rotatable bonds is 16. The fourth-order valence-corrected chi connectivity index (χ4v) is 4.28. The van der Waals surface area contributed by atoms with E-state index >= 15 is 0 Å². The third-order valence-corrected chi connectivity index (χ3v) is 7.05. The molecule has 0 aromatic carbocycles. The minimum Gasteiger partial charge on any atom is -0.487 e. The van der Waals surface area contributed by atoms with Crippen molar-refractivity contribution in [2.75, 3.05) is 0 Å². The number of hydrogen-bond donors (Lipinski definition) is 0. The van der Waals surface area contributed by atoms with Gasteiger partial charge in [-0.05, 0) is 23.9 Å². The smallest absolute Gasteiger partial charge is 0.480 e. The lowest BCUT2D eigenvalue weighted by molar-refractivity contribution is 0.154. The molecule has 5 heteroatoms. The van der Waals surface area contributed by atoms with Crippen LogP contribution in [0.3, 0.4) is 0 Å². The topological polar surface area (TPSA) is 35.5 Å². The third kappa shape index (κ3) is 14.1. The van der Waals surface area contributed by atoms with Crippen LogP contribution in [0.15, 0.2) is 0 Å². The molecule has 140 valence electrons. The van der Waals surface area contributed by atoms with Crippen LogP contribution in [0.2, 0.25) is 11.1 Å². The Kier molecular flexibility index (Phi) is 17.3. The van der Waals surface area contributed by atoms with E-state index in [1.54, 1.807) is 0 Å². The highest BCUT2D eigenvalue weighted by Gasteiger charge is 2.17. The molecule has 0 N–H and O–H groups in total. The average Bonchev–Trinajstić information content (AvgIpc) is 2.60. The number of hydrogen-bond acceptors (Lipinski definition) is 3. The van der Waals surface area contributed by atoms with Crippen LogP contribution < -0.4 is 0 Å². The van der Waals surface area contributed by atoms with Gasteiger partial charge in [0.15, 0.2) is 0 Å². The minimum absolute atomic E-state index is 0.250. The van der Waals surface area contributed by atoms with E-state index in [1.807, 2.05) is 0 Å². The van der Waals surface area contributed by atoms with E-state index in [0.717, 1.165) is 12.8 Å². The predicted molar refractivity (Wildman–Crippen MR) is 105 cm³/mol. The van der Waals surface area contributed by atoms with Gasteiger partial charge in [0.25, 0.3) is 0 Å². The highest BCUT2D eigenvalue weighted by atomic mass is 28.2. The maximum atomic E-state index is 11.8. The maximum absolute atomic E-state index is 11.8. The van der Waals surface area contributed by atoms with Crippen molar-refractivity contribution in [1.82, 2.24) is 0 Å². The van der Waals surface area contributed by atoms with Crippen LogP contribution in [0.25, 0.3) is 0 Å². The molecule has 0 aliphatic heterocycles. The highest BCUT2D eigenvalue weighted by molar-refractivity contribution is 6.35. The van der Waals surface area contributed by atoms with Crippen molar-refractivity contribution in [1.29, 1.82) is 0 Å². The van der Waals surface area contributed by atoms with Crippen LogP contribution in [0.4, 0.5) is 4.79 Å². The lowest BCUT2D eigenvalue weighted by Gasteiger charge is -2.15. The number of unbranched alkanes of at least 4 members (excludes halogenated alkanes) is 6. The third-order valence-electron chi connectivity index (χ3n) is 4.42. The second kappa shape index (κ2) is 17.5. The van der Waals surface area contributed by atoms with Crippen LogP contribution in [-0.4, -0.2) is 25.7 Å². The molecule has 0 aromatic heterocycles. The summed E-state index contributed by atoms with van der Waals surface area (Å²) < 4.78 is 10.7. The van der Waals surface area contributed by atoms with Crippen LogP contribution in [0, 0.1) is 0 Å². The van der Waals surface area contributed by atoms with Gasteiger partial charge in [-0.25, -0.2) is 4.79 Å². The molecule has 2 unspecified atom stereocenters. The van der Waals surface area contributed by atoms with Crippen LogP contribution in [0.5, 0.6) is 0 Å². The van der Waals surface area contributed by atoms with E-state index in [9.17, 15) is 4.79 Å². The van der Waals surface area contributed by atoms with Crippen molar-refractivity contribution < 1.29 is 13.6 Å². The Labute approximate surface area is 155 Å². The van der Waals surface area contributed by atoms with Gasteiger partial charge >= 0.3 is 25.7 Å². The first-order valence-electron chi connectivity index (χ1n) is 10.1. The summed E-state index contributed by atoms with van der Waals surface area (Å²) in [6.07, 6.45) is 14.2. The van der Waals surface area contributed by atoms with E-state index in [4.69, 9.17) is 8.85 Å². The van der Waals surface area contributed by atoms with Gasteiger partial charge in [-0.15, -0.1) is 0 Å². The molecular weight excluding hydrogens is 332 g/mol. The largest absolute Gasteiger partial charge is 0.487 e. The maximum Gasteiger partial charge on any atom is 0.480 e. The molecule has 0 heterocycles. The summed E-state index contributed by atoms with van der Waals surface area (Å²) in [5.74, 6) is 0. The predicted octanol–water partition coefficient (Wildman–Crippen LogP) is 6.72. The zero-order valence-electron chi connectivity index (χ0n) is 16.4. The Hall–Kier alpha value is -0.296. The second-order valence-electron chi connectivity index (χ2n) is 6.60. The van der Waals surface area contributed by atoms with Crippen molar-refractivity contribution in [3.05, 3.63) is 0 Å². The second-order valence-corrected chi connectivity index (χ2v) is 9.11. The first-order chi connectivity index (χ1) is 11.7. The molecule has 0 aromatic rings. The van der Waals surface area contributed by atoms with Crippen LogP contribution in [0.1, 0.15) is 105 Å². The summed E-state index contributed by atoms with van der Waals surface area (Å²) in [7, 11) is 0.501. The molecule has 3 nitrogen and oxygen atoms in total. The molecule has 0 spiro atoms. The van der Waals surface area contributed by atoms with Gasteiger partial charge in [0.2, 0.25) is 0 Å². The lowest BCUT2D eigenvalue weighted by Crippen LogP contribution is -2.19. The molecular formula is C19H38O3Si2. The fraction of sp³-hybridized carbons (Fsp3) is 0.947. The summed E-state index contributed by atoms with van der Waals surface area (Å²) in [6.45, 7) is 8.81. The molecule has 0 saturated heterocycles. The number of carbonyl (C=O) groups excluding carboxylic acids is 1. The Morgan fingerprint density at radius 3 is 1.46 bits per heavy atom. The molecule has 0 aliphatic carbocycles. The normalized spacial score (nSPS) is 13.5. The Morgan fingerprint density at radius 1 is 0.708 bits per heavy atom. The molecule has 0 fully saturated rings. The zero-order chi connectivity index (χ0) is 18.0. The van der Waals surface area contributed by atoms with E-state index in [-0.39, 0.29) is 19.5 Å². The highest BCUT2D eigenvalue weighted by Crippen LogP contribution is 2.21. The van der Waals surface area contributed by atoms with E-state index < -0.39 is 6.16 Å². The van der Waals surface area contributed by atoms with E-state index in [2.05, 4.69) is 27.7 Å². The Balaban J connectivity index is 3.80. The fourth-order valence-electron chi connectivity index (χ4n) is 2.61. The minimum atomic E-state index is -0.453. The molecule has 0 amide bonds. The molecule has 0 bridgehead atoms. The van der Waals surface area contributed by atoms with Gasteiger partial charge in [-0.1, -0.05) is 91.9 Å². The van der Waals surface area contributed by atoms with Crippen LogP contribution in [-0.2, 0) is 8.85 Å². The van der Waals surface area contributed by atoms with Gasteiger partial charge in [0.05, 0.1) is 0 Å². The summed E-state index contributed by atoms with van der Waals surface area (Å²) in [5, 5.41) is 0. The average molecular weight is 371 g/mol. The van der Waals surface area contributed by atoms with Gasteiger partial charge in [0, 0.05) is 0 Å². The molecule has 24 heavy (non-hydrogen) atoms. The molecule has 0 aliphatic rings. The van der Waals surface area contributed by atoms with Crippen LogP contribution >= 0.6 is 0 Å². The molecule has 2 atom stereocenters. The van der Waals surface area contributed by atoms with Crippen molar-refractivity contribution in [3.8, 4) is 0 Å².